The molecule has 0 amide bonds. The fourth-order valence-corrected chi connectivity index (χ4v) is 3.76. The minimum Gasteiger partial charge on any atom is -0.359 e. The predicted octanol–water partition coefficient (Wildman–Crippen LogP) is 3.35. The zero-order chi connectivity index (χ0) is 14.2. The predicted molar refractivity (Wildman–Crippen MR) is 89.6 cm³/mol. The van der Waals surface area contributed by atoms with Crippen LogP contribution in [0.3, 0.4) is 0 Å². The van der Waals surface area contributed by atoms with Crippen molar-refractivity contribution in [2.75, 3.05) is 6.54 Å². The van der Waals surface area contributed by atoms with Gasteiger partial charge in [0.15, 0.2) is 5.11 Å². The molecule has 20 heavy (non-hydrogen) atoms. The number of hydrogen-bond donors (Lipinski definition) is 1. The van der Waals surface area contributed by atoms with Gasteiger partial charge in [0.05, 0.1) is 22.5 Å². The Hall–Kier alpha value is -1.33. The topological polar surface area (TPSA) is 28.2 Å². The standard InChI is InChI=1S/C15H17N3S2/c1-15(2)10-16-14(19)18(15)20-9-12-8-7-11-5-3-4-6-13(11)17-12/h3-8H,9-10H2,1-2H3,(H,16,19). The van der Waals surface area contributed by atoms with Crippen LogP contribution in [0.2, 0.25) is 0 Å². The SMILES string of the molecule is CC1(C)CNC(=S)N1SCc1ccc2ccccc2n1. The average Bonchev–Trinajstić information content (AvgIpc) is 2.70. The maximum atomic E-state index is 5.36. The molecular formula is C15H17N3S2. The first-order valence-electron chi connectivity index (χ1n) is 6.62. The first-order valence-corrected chi connectivity index (χ1v) is 7.97. The summed E-state index contributed by atoms with van der Waals surface area (Å²) < 4.78 is 2.18. The lowest BCUT2D eigenvalue weighted by Gasteiger charge is -2.29. The van der Waals surface area contributed by atoms with E-state index in [0.717, 1.165) is 28.6 Å². The van der Waals surface area contributed by atoms with Gasteiger partial charge in [0.25, 0.3) is 0 Å². The van der Waals surface area contributed by atoms with Crippen LogP contribution < -0.4 is 5.32 Å². The number of nitrogens with one attached hydrogen (secondary N) is 1. The van der Waals surface area contributed by atoms with Crippen LogP contribution in [-0.2, 0) is 5.75 Å². The second kappa shape index (κ2) is 5.22. The van der Waals surface area contributed by atoms with Crippen molar-refractivity contribution in [3.05, 3.63) is 42.1 Å². The molecule has 1 saturated heterocycles. The van der Waals surface area contributed by atoms with E-state index in [1.54, 1.807) is 11.9 Å². The minimum atomic E-state index is 0.0542. The van der Waals surface area contributed by atoms with E-state index in [0.29, 0.717) is 0 Å². The fourth-order valence-electron chi connectivity index (χ4n) is 2.26. The van der Waals surface area contributed by atoms with Crippen molar-refractivity contribution in [1.29, 1.82) is 0 Å². The largest absolute Gasteiger partial charge is 0.359 e. The molecule has 1 N–H and O–H groups in total. The third-order valence-electron chi connectivity index (χ3n) is 3.40. The van der Waals surface area contributed by atoms with E-state index >= 15 is 0 Å². The van der Waals surface area contributed by atoms with Gasteiger partial charge < -0.3 is 5.32 Å². The van der Waals surface area contributed by atoms with Crippen LogP contribution in [0.1, 0.15) is 19.5 Å². The van der Waals surface area contributed by atoms with Gasteiger partial charge in [-0.05, 0) is 50.1 Å². The molecule has 2 heterocycles. The van der Waals surface area contributed by atoms with Gasteiger partial charge in [-0.3, -0.25) is 9.29 Å². The van der Waals surface area contributed by atoms with Crippen LogP contribution in [0.5, 0.6) is 0 Å². The Bertz CT molecular complexity index is 654. The van der Waals surface area contributed by atoms with E-state index < -0.39 is 0 Å². The first-order chi connectivity index (χ1) is 9.56. The molecule has 0 radical (unpaired) electrons. The molecule has 0 bridgehead atoms. The molecule has 0 atom stereocenters. The third kappa shape index (κ3) is 2.60. The highest BCUT2D eigenvalue weighted by atomic mass is 32.2. The number of pyridine rings is 1. The molecule has 1 aromatic heterocycles. The van der Waals surface area contributed by atoms with E-state index in [9.17, 15) is 0 Å². The number of benzene rings is 1. The highest BCUT2D eigenvalue weighted by Crippen LogP contribution is 2.30. The zero-order valence-corrected chi connectivity index (χ0v) is 13.2. The summed E-state index contributed by atoms with van der Waals surface area (Å²) >= 11 is 7.08. The number of aromatic nitrogens is 1. The summed E-state index contributed by atoms with van der Waals surface area (Å²) in [7, 11) is 0. The Balaban J connectivity index is 1.75. The van der Waals surface area contributed by atoms with Crippen LogP contribution in [-0.4, -0.2) is 26.5 Å². The molecule has 104 valence electrons. The molecule has 1 aliphatic heterocycles. The Morgan fingerprint density at radius 1 is 1.30 bits per heavy atom. The summed E-state index contributed by atoms with van der Waals surface area (Å²) in [6.45, 7) is 5.28. The molecular weight excluding hydrogens is 286 g/mol. The molecule has 0 spiro atoms. The van der Waals surface area contributed by atoms with Crippen molar-refractivity contribution in [2.24, 2.45) is 0 Å². The minimum absolute atomic E-state index is 0.0542. The summed E-state index contributed by atoms with van der Waals surface area (Å²) in [5.74, 6) is 0.829. The number of hydrogen-bond acceptors (Lipinski definition) is 3. The van der Waals surface area contributed by atoms with Gasteiger partial charge >= 0.3 is 0 Å². The van der Waals surface area contributed by atoms with Crippen molar-refractivity contribution in [3.63, 3.8) is 0 Å². The lowest BCUT2D eigenvalue weighted by molar-refractivity contribution is 0.391. The normalized spacial score (nSPS) is 17.5. The number of fused-ring (bicyclic) bond motifs is 1. The molecule has 0 saturated carbocycles. The fraction of sp³-hybridized carbons (Fsp3) is 0.333. The number of thiocarbonyl (C=S) groups is 1. The lowest BCUT2D eigenvalue weighted by Crippen LogP contribution is -2.36. The number of rotatable bonds is 3. The summed E-state index contributed by atoms with van der Waals surface area (Å²) in [5, 5.41) is 5.24. The third-order valence-corrected chi connectivity index (χ3v) is 5.21. The van der Waals surface area contributed by atoms with Gasteiger partial charge in [0, 0.05) is 11.9 Å². The van der Waals surface area contributed by atoms with Gasteiger partial charge in [0.1, 0.15) is 0 Å². The molecule has 1 aromatic carbocycles. The van der Waals surface area contributed by atoms with Crippen LogP contribution >= 0.6 is 24.2 Å². The summed E-state index contributed by atoms with van der Waals surface area (Å²) in [5.41, 5.74) is 2.18. The lowest BCUT2D eigenvalue weighted by atomic mass is 10.1. The molecule has 3 rings (SSSR count). The van der Waals surface area contributed by atoms with Gasteiger partial charge in [0.2, 0.25) is 0 Å². The Kier molecular flexibility index (Phi) is 3.56. The highest BCUT2D eigenvalue weighted by Gasteiger charge is 2.35. The van der Waals surface area contributed by atoms with Crippen molar-refractivity contribution >= 4 is 40.2 Å². The van der Waals surface area contributed by atoms with Crippen molar-refractivity contribution in [1.82, 2.24) is 14.6 Å². The van der Waals surface area contributed by atoms with Gasteiger partial charge in [-0.25, -0.2) is 0 Å². The summed E-state index contributed by atoms with van der Waals surface area (Å²) in [6, 6.07) is 12.4. The van der Waals surface area contributed by atoms with Gasteiger partial charge in [-0.1, -0.05) is 24.3 Å². The summed E-state index contributed by atoms with van der Waals surface area (Å²) in [6.07, 6.45) is 0. The van der Waals surface area contributed by atoms with Crippen molar-refractivity contribution < 1.29 is 0 Å². The van der Waals surface area contributed by atoms with E-state index in [-0.39, 0.29) is 5.54 Å². The molecule has 1 fully saturated rings. The average molecular weight is 303 g/mol. The molecule has 1 aliphatic rings. The molecule has 0 unspecified atom stereocenters. The van der Waals surface area contributed by atoms with Crippen LogP contribution in [0, 0.1) is 0 Å². The summed E-state index contributed by atoms with van der Waals surface area (Å²) in [4.78, 5) is 4.70. The van der Waals surface area contributed by atoms with E-state index in [1.807, 2.05) is 12.1 Å². The smallest absolute Gasteiger partial charge is 0.179 e. The maximum absolute atomic E-state index is 5.36. The Morgan fingerprint density at radius 3 is 2.85 bits per heavy atom. The van der Waals surface area contributed by atoms with E-state index in [2.05, 4.69) is 47.7 Å². The Labute approximate surface area is 128 Å². The van der Waals surface area contributed by atoms with Crippen LogP contribution in [0.25, 0.3) is 10.9 Å². The molecule has 0 aliphatic carbocycles. The highest BCUT2D eigenvalue weighted by molar-refractivity contribution is 7.97. The molecule has 3 nitrogen and oxygen atoms in total. The quantitative estimate of drug-likeness (QED) is 0.693. The van der Waals surface area contributed by atoms with Crippen molar-refractivity contribution in [3.8, 4) is 0 Å². The Morgan fingerprint density at radius 2 is 2.10 bits per heavy atom. The van der Waals surface area contributed by atoms with E-state index in [1.165, 1.54) is 5.39 Å². The number of para-hydroxylation sites is 1. The first kappa shape index (κ1) is 13.6. The van der Waals surface area contributed by atoms with Gasteiger partial charge in [-0.2, -0.15) is 0 Å². The maximum Gasteiger partial charge on any atom is 0.179 e. The number of nitrogens with zero attached hydrogens (tertiary/aromatic N) is 2. The van der Waals surface area contributed by atoms with E-state index in [4.69, 9.17) is 17.2 Å². The second-order valence-corrected chi connectivity index (χ2v) is 6.83. The van der Waals surface area contributed by atoms with Crippen LogP contribution in [0.4, 0.5) is 0 Å². The molecule has 2 aromatic rings. The van der Waals surface area contributed by atoms with Crippen molar-refractivity contribution in [2.45, 2.75) is 25.1 Å². The van der Waals surface area contributed by atoms with Crippen LogP contribution in [0.15, 0.2) is 36.4 Å². The monoisotopic (exact) mass is 303 g/mol. The zero-order valence-electron chi connectivity index (χ0n) is 11.6. The second-order valence-electron chi connectivity index (χ2n) is 5.53. The molecule has 5 heteroatoms. The van der Waals surface area contributed by atoms with Gasteiger partial charge in [-0.15, -0.1) is 0 Å².